The highest BCUT2D eigenvalue weighted by molar-refractivity contribution is 6.31. The van der Waals surface area contributed by atoms with Gasteiger partial charge in [-0.2, -0.15) is 0 Å². The second-order valence-corrected chi connectivity index (χ2v) is 3.31. The molecular weight excluding hydrogens is 194 g/mol. The third-order valence-electron chi connectivity index (χ3n) is 1.84. The quantitative estimate of drug-likeness (QED) is 0.691. The van der Waals surface area contributed by atoms with E-state index in [2.05, 4.69) is 0 Å². The predicted octanol–water partition coefficient (Wildman–Crippen LogP) is 4.23. The molecular formula is C10H11ClF2. The van der Waals surface area contributed by atoms with Crippen LogP contribution in [0.25, 0.3) is 0 Å². The van der Waals surface area contributed by atoms with Gasteiger partial charge >= 0.3 is 0 Å². The van der Waals surface area contributed by atoms with E-state index in [1.54, 1.807) is 12.1 Å². The third kappa shape index (κ3) is 2.66. The van der Waals surface area contributed by atoms with E-state index in [0.29, 0.717) is 0 Å². The molecule has 1 aromatic rings. The molecule has 0 aliphatic heterocycles. The topological polar surface area (TPSA) is 0 Å². The summed E-state index contributed by atoms with van der Waals surface area (Å²) in [5.41, 5.74) is 0.929. The molecule has 0 heterocycles. The maximum Gasteiger partial charge on any atom is 0.265 e. The van der Waals surface area contributed by atoms with Crippen LogP contribution in [-0.4, -0.2) is 0 Å². The molecule has 0 fully saturated rings. The van der Waals surface area contributed by atoms with Gasteiger partial charge in [-0.1, -0.05) is 37.1 Å². The van der Waals surface area contributed by atoms with Crippen molar-refractivity contribution in [1.29, 1.82) is 0 Å². The molecule has 0 spiro atoms. The Balaban J connectivity index is 2.92. The van der Waals surface area contributed by atoms with E-state index >= 15 is 0 Å². The molecule has 0 aliphatic carbocycles. The largest absolute Gasteiger partial charge is 0.265 e. The molecule has 3 heteroatoms. The summed E-state index contributed by atoms with van der Waals surface area (Å²) in [5, 5.41) is 0.168. The molecule has 0 saturated carbocycles. The van der Waals surface area contributed by atoms with Gasteiger partial charge < -0.3 is 0 Å². The van der Waals surface area contributed by atoms with Gasteiger partial charge in [0.05, 0.1) is 0 Å². The van der Waals surface area contributed by atoms with E-state index in [9.17, 15) is 8.78 Å². The van der Waals surface area contributed by atoms with Crippen molar-refractivity contribution >= 4 is 11.6 Å². The number of alkyl halides is 2. The van der Waals surface area contributed by atoms with Gasteiger partial charge in [-0.3, -0.25) is 0 Å². The number of benzene rings is 1. The second-order valence-electron chi connectivity index (χ2n) is 2.91. The van der Waals surface area contributed by atoms with Crippen LogP contribution in [0.5, 0.6) is 0 Å². The Labute approximate surface area is 81.5 Å². The van der Waals surface area contributed by atoms with Gasteiger partial charge in [-0.05, 0) is 18.1 Å². The van der Waals surface area contributed by atoms with Crippen LogP contribution in [-0.2, 0) is 6.42 Å². The summed E-state index contributed by atoms with van der Waals surface area (Å²) in [6, 6.07) is 4.72. The van der Waals surface area contributed by atoms with Crippen molar-refractivity contribution < 1.29 is 8.78 Å². The van der Waals surface area contributed by atoms with Crippen molar-refractivity contribution in [2.24, 2.45) is 0 Å². The van der Waals surface area contributed by atoms with Crippen molar-refractivity contribution in [3.8, 4) is 0 Å². The molecule has 0 unspecified atom stereocenters. The van der Waals surface area contributed by atoms with E-state index in [1.807, 2.05) is 6.92 Å². The fraction of sp³-hybridized carbons (Fsp3) is 0.400. The van der Waals surface area contributed by atoms with Gasteiger partial charge in [0.1, 0.15) is 0 Å². The van der Waals surface area contributed by atoms with Gasteiger partial charge in [-0.15, -0.1) is 0 Å². The zero-order valence-corrected chi connectivity index (χ0v) is 8.11. The molecule has 0 saturated heterocycles. The normalized spacial score (nSPS) is 10.8. The average Bonchev–Trinajstić information content (AvgIpc) is 2.04. The summed E-state index contributed by atoms with van der Waals surface area (Å²) in [6.07, 6.45) is -0.615. The van der Waals surface area contributed by atoms with Gasteiger partial charge in [0.15, 0.2) is 0 Å². The summed E-state index contributed by atoms with van der Waals surface area (Å²) in [5.74, 6) is 0. The van der Waals surface area contributed by atoms with Crippen LogP contribution in [0.4, 0.5) is 8.78 Å². The number of hydrogen-bond donors (Lipinski definition) is 0. The smallest absolute Gasteiger partial charge is 0.205 e. The first-order chi connectivity index (χ1) is 6.15. The molecule has 0 nitrogen and oxygen atoms in total. The summed E-state index contributed by atoms with van der Waals surface area (Å²) in [4.78, 5) is 0. The summed E-state index contributed by atoms with van der Waals surface area (Å²) in [7, 11) is 0. The molecule has 1 aromatic carbocycles. The number of halogens is 3. The van der Waals surface area contributed by atoms with E-state index in [1.165, 1.54) is 6.07 Å². The van der Waals surface area contributed by atoms with Crippen molar-refractivity contribution in [3.63, 3.8) is 0 Å². The zero-order valence-electron chi connectivity index (χ0n) is 7.36. The van der Waals surface area contributed by atoms with Gasteiger partial charge in [0.2, 0.25) is 0 Å². The summed E-state index contributed by atoms with van der Waals surface area (Å²) < 4.78 is 24.5. The molecule has 0 aromatic heterocycles. The van der Waals surface area contributed by atoms with Crippen LogP contribution in [0.15, 0.2) is 18.2 Å². The second kappa shape index (κ2) is 4.56. The van der Waals surface area contributed by atoms with E-state index < -0.39 is 6.43 Å². The lowest BCUT2D eigenvalue weighted by Gasteiger charge is -2.05. The number of hydrogen-bond acceptors (Lipinski definition) is 0. The van der Waals surface area contributed by atoms with E-state index in [-0.39, 0.29) is 10.6 Å². The molecule has 13 heavy (non-hydrogen) atoms. The highest BCUT2D eigenvalue weighted by Gasteiger charge is 2.11. The maximum atomic E-state index is 12.3. The molecule has 0 amide bonds. The van der Waals surface area contributed by atoms with E-state index in [0.717, 1.165) is 18.4 Å². The number of rotatable bonds is 3. The highest BCUT2D eigenvalue weighted by Crippen LogP contribution is 2.27. The summed E-state index contributed by atoms with van der Waals surface area (Å²) in [6.45, 7) is 2.04. The molecule has 0 bridgehead atoms. The monoisotopic (exact) mass is 204 g/mol. The van der Waals surface area contributed by atoms with Crippen molar-refractivity contribution in [2.75, 3.05) is 0 Å². The Morgan fingerprint density at radius 2 is 2.08 bits per heavy atom. The minimum atomic E-state index is -2.48. The highest BCUT2D eigenvalue weighted by atomic mass is 35.5. The third-order valence-corrected chi connectivity index (χ3v) is 2.17. The first kappa shape index (κ1) is 10.5. The minimum absolute atomic E-state index is 0.0819. The number of aryl methyl sites for hydroxylation is 1. The lowest BCUT2D eigenvalue weighted by atomic mass is 10.1. The van der Waals surface area contributed by atoms with Crippen LogP contribution in [0, 0.1) is 0 Å². The van der Waals surface area contributed by atoms with Crippen LogP contribution in [0.2, 0.25) is 5.02 Å². The minimum Gasteiger partial charge on any atom is -0.205 e. The van der Waals surface area contributed by atoms with E-state index in [4.69, 9.17) is 11.6 Å². The Kier molecular flexibility index (Phi) is 3.67. The molecule has 1 rings (SSSR count). The summed E-state index contributed by atoms with van der Waals surface area (Å²) >= 11 is 5.68. The molecule has 0 atom stereocenters. The molecule has 0 N–H and O–H groups in total. The molecule has 0 radical (unpaired) electrons. The lowest BCUT2D eigenvalue weighted by Crippen LogP contribution is -1.89. The van der Waals surface area contributed by atoms with Crippen molar-refractivity contribution in [1.82, 2.24) is 0 Å². The van der Waals surface area contributed by atoms with Crippen LogP contribution < -0.4 is 0 Å². The Morgan fingerprint density at radius 3 is 2.54 bits per heavy atom. The first-order valence-electron chi connectivity index (χ1n) is 4.21. The van der Waals surface area contributed by atoms with Crippen LogP contribution >= 0.6 is 11.6 Å². The Bertz CT molecular complexity index is 284. The average molecular weight is 205 g/mol. The molecule has 72 valence electrons. The van der Waals surface area contributed by atoms with Crippen molar-refractivity contribution in [3.05, 3.63) is 34.3 Å². The Morgan fingerprint density at radius 1 is 1.38 bits per heavy atom. The van der Waals surface area contributed by atoms with Gasteiger partial charge in [0.25, 0.3) is 6.43 Å². The predicted molar refractivity (Wildman–Crippen MR) is 50.4 cm³/mol. The zero-order chi connectivity index (χ0) is 9.84. The first-order valence-corrected chi connectivity index (χ1v) is 4.59. The maximum absolute atomic E-state index is 12.3. The van der Waals surface area contributed by atoms with Crippen LogP contribution in [0.3, 0.4) is 0 Å². The standard InChI is InChI=1S/C10H11ClF2/c1-2-3-7-4-5-8(10(12)13)9(11)6-7/h4-6,10H,2-3H2,1H3. The van der Waals surface area contributed by atoms with Gasteiger partial charge in [-0.25, -0.2) is 8.78 Å². The lowest BCUT2D eigenvalue weighted by molar-refractivity contribution is 0.151. The van der Waals surface area contributed by atoms with Crippen molar-refractivity contribution in [2.45, 2.75) is 26.2 Å². The fourth-order valence-corrected chi connectivity index (χ4v) is 1.48. The molecule has 0 aliphatic rings. The fourth-order valence-electron chi connectivity index (χ4n) is 1.19. The SMILES string of the molecule is CCCc1ccc(C(F)F)c(Cl)c1. The van der Waals surface area contributed by atoms with Gasteiger partial charge in [0, 0.05) is 10.6 Å². The van der Waals surface area contributed by atoms with Crippen LogP contribution in [0.1, 0.15) is 30.9 Å². The Hall–Kier alpha value is -0.630.